The molecule has 1 aliphatic rings. The highest BCUT2D eigenvalue weighted by molar-refractivity contribution is 7.85. The van der Waals surface area contributed by atoms with Crippen molar-refractivity contribution in [2.24, 2.45) is 0 Å². The normalized spacial score (nSPS) is 13.8. The van der Waals surface area contributed by atoms with E-state index in [0.29, 0.717) is 29.4 Å². The van der Waals surface area contributed by atoms with E-state index in [1.165, 1.54) is 15.5 Å². The number of aryl methyl sites for hydroxylation is 1. The first-order chi connectivity index (χ1) is 18.7. The van der Waals surface area contributed by atoms with Crippen LogP contribution in [0, 0.1) is 0 Å². The molecule has 0 bridgehead atoms. The van der Waals surface area contributed by atoms with E-state index in [9.17, 15) is 13.0 Å². The number of halogens is 2. The molecule has 0 atom stereocenters. The molecule has 1 aromatic heterocycles. The molecule has 0 fully saturated rings. The van der Waals surface area contributed by atoms with Crippen LogP contribution in [0.1, 0.15) is 31.7 Å². The monoisotopic (exact) mass is 601 g/mol. The van der Waals surface area contributed by atoms with Crippen LogP contribution in [-0.4, -0.2) is 31.8 Å². The van der Waals surface area contributed by atoms with Crippen LogP contribution >= 0.6 is 34.5 Å². The predicted molar refractivity (Wildman–Crippen MR) is 163 cm³/mol. The molecular formula is C29H29Cl2N3O3S2. The van der Waals surface area contributed by atoms with Gasteiger partial charge in [-0.1, -0.05) is 64.9 Å². The average Bonchev–Trinajstić information content (AvgIpc) is 3.40. The minimum Gasteiger partial charge on any atom is -0.748 e. The molecule has 0 saturated heterocycles. The Morgan fingerprint density at radius 2 is 1.64 bits per heavy atom. The van der Waals surface area contributed by atoms with Crippen molar-refractivity contribution < 1.29 is 17.5 Å². The highest BCUT2D eigenvalue weighted by Crippen LogP contribution is 2.45. The molecular weight excluding hydrogens is 573 g/mol. The topological polar surface area (TPSA) is 67.6 Å². The number of fused-ring (bicyclic) bond motifs is 4. The maximum absolute atomic E-state index is 11.1. The molecule has 5 rings (SSSR count). The Bertz CT molecular complexity index is 1680. The van der Waals surface area contributed by atoms with Crippen LogP contribution < -0.4 is 14.4 Å². The first-order valence-electron chi connectivity index (χ1n) is 12.9. The summed E-state index contributed by atoms with van der Waals surface area (Å²) in [6.07, 6.45) is 7.18. The molecule has 6 nitrogen and oxygen atoms in total. The molecule has 0 unspecified atom stereocenters. The second-order valence-electron chi connectivity index (χ2n) is 9.32. The minimum atomic E-state index is -4.22. The van der Waals surface area contributed by atoms with Gasteiger partial charge in [-0.15, -0.1) is 0 Å². The lowest BCUT2D eigenvalue weighted by Crippen LogP contribution is -2.35. The average molecular weight is 603 g/mol. The fourth-order valence-electron chi connectivity index (χ4n) is 5.14. The van der Waals surface area contributed by atoms with Crippen molar-refractivity contribution in [2.75, 3.05) is 28.6 Å². The van der Waals surface area contributed by atoms with E-state index in [1.807, 2.05) is 24.3 Å². The molecule has 0 spiro atoms. The van der Waals surface area contributed by atoms with Crippen molar-refractivity contribution in [2.45, 2.75) is 33.2 Å². The van der Waals surface area contributed by atoms with E-state index in [1.54, 1.807) is 11.3 Å². The minimum absolute atomic E-state index is 0.331. The zero-order chi connectivity index (χ0) is 27.7. The third-order valence-electron chi connectivity index (χ3n) is 6.92. The molecule has 10 heteroatoms. The Labute approximate surface area is 243 Å². The summed E-state index contributed by atoms with van der Waals surface area (Å²) in [5.74, 6) is 0.702. The number of anilines is 2. The SMILES string of the molecule is CCN1C(=C/C=C/c2sc3c4ccccc4ccc3[n+]2CCCCS(=O)(=O)[O-])N(CC)c2cc(Cl)c(Cl)cc21. The van der Waals surface area contributed by atoms with Crippen LogP contribution in [-0.2, 0) is 16.7 Å². The van der Waals surface area contributed by atoms with Crippen molar-refractivity contribution >= 4 is 83.1 Å². The van der Waals surface area contributed by atoms with Crippen LogP contribution in [0.4, 0.5) is 11.4 Å². The number of thiazole rings is 1. The zero-order valence-electron chi connectivity index (χ0n) is 21.7. The number of unbranched alkanes of at least 4 members (excludes halogenated alkanes) is 1. The van der Waals surface area contributed by atoms with Gasteiger partial charge in [0.25, 0.3) is 5.01 Å². The number of hydrogen-bond acceptors (Lipinski definition) is 6. The number of allylic oxidation sites excluding steroid dienone is 2. The number of rotatable bonds is 9. The Balaban J connectivity index is 1.52. The van der Waals surface area contributed by atoms with E-state index < -0.39 is 10.1 Å². The van der Waals surface area contributed by atoms with Crippen molar-refractivity contribution in [3.05, 3.63) is 81.6 Å². The largest absolute Gasteiger partial charge is 0.748 e. The van der Waals surface area contributed by atoms with Crippen LogP contribution in [0.3, 0.4) is 0 Å². The maximum Gasteiger partial charge on any atom is 0.262 e. The van der Waals surface area contributed by atoms with Crippen LogP contribution in [0.5, 0.6) is 0 Å². The summed E-state index contributed by atoms with van der Waals surface area (Å²) in [6.45, 7) is 6.39. The second-order valence-corrected chi connectivity index (χ2v) is 12.7. The van der Waals surface area contributed by atoms with Gasteiger partial charge >= 0.3 is 0 Å². The van der Waals surface area contributed by atoms with Gasteiger partial charge in [-0.05, 0) is 49.9 Å². The first kappa shape index (κ1) is 27.9. The summed E-state index contributed by atoms with van der Waals surface area (Å²) in [4.78, 5) is 4.45. The second kappa shape index (κ2) is 11.5. The van der Waals surface area contributed by atoms with Gasteiger partial charge in [-0.25, -0.2) is 8.42 Å². The summed E-state index contributed by atoms with van der Waals surface area (Å²) < 4.78 is 36.7. The lowest BCUT2D eigenvalue weighted by molar-refractivity contribution is -0.669. The van der Waals surface area contributed by atoms with Crippen LogP contribution in [0.2, 0.25) is 10.0 Å². The fourth-order valence-corrected chi connectivity index (χ4v) is 7.25. The van der Waals surface area contributed by atoms with Gasteiger partial charge in [-0.2, -0.15) is 4.57 Å². The molecule has 0 saturated carbocycles. The van der Waals surface area contributed by atoms with E-state index in [2.05, 4.69) is 70.7 Å². The standard InChI is InChI=1S/C29H29Cl2N3O3S2/c1-3-32-25-18-22(30)23(31)19-26(25)33(4-2)27(32)12-9-13-28-34(16-7-8-17-39(35,36)37)24-15-14-20-10-5-6-11-21(20)29(24)38-28/h5-6,9-15,18-19H,3-4,7-8,16-17H2,1-2H3. The highest BCUT2D eigenvalue weighted by Gasteiger charge is 2.30. The fraction of sp³-hybridized carbons (Fsp3) is 0.276. The molecule has 1 aliphatic heterocycles. The number of benzene rings is 3. The molecule has 0 N–H and O–H groups in total. The third kappa shape index (κ3) is 5.67. The van der Waals surface area contributed by atoms with E-state index in [0.717, 1.165) is 40.8 Å². The van der Waals surface area contributed by atoms with Gasteiger partial charge in [0, 0.05) is 42.8 Å². The summed E-state index contributed by atoms with van der Waals surface area (Å²) in [5, 5.41) is 4.47. The van der Waals surface area contributed by atoms with E-state index in [-0.39, 0.29) is 5.75 Å². The molecule has 0 radical (unpaired) electrons. The van der Waals surface area contributed by atoms with Crippen LogP contribution in [0.25, 0.3) is 27.1 Å². The van der Waals surface area contributed by atoms with Crippen molar-refractivity contribution in [1.29, 1.82) is 0 Å². The predicted octanol–water partition coefficient (Wildman–Crippen LogP) is 7.20. The zero-order valence-corrected chi connectivity index (χ0v) is 24.9. The van der Waals surface area contributed by atoms with Crippen molar-refractivity contribution in [1.82, 2.24) is 0 Å². The van der Waals surface area contributed by atoms with E-state index >= 15 is 0 Å². The number of nitrogens with zero attached hydrogens (tertiary/aromatic N) is 3. The van der Waals surface area contributed by atoms with Crippen molar-refractivity contribution in [3.63, 3.8) is 0 Å². The summed E-state index contributed by atoms with van der Waals surface area (Å²) in [5.41, 5.74) is 3.16. The smallest absolute Gasteiger partial charge is 0.262 e. The Kier molecular flexibility index (Phi) is 8.21. The molecule has 0 amide bonds. The summed E-state index contributed by atoms with van der Waals surface area (Å²) >= 11 is 14.4. The first-order valence-corrected chi connectivity index (χ1v) is 16.1. The van der Waals surface area contributed by atoms with Gasteiger partial charge < -0.3 is 14.4 Å². The molecule has 2 heterocycles. The molecule has 204 valence electrons. The van der Waals surface area contributed by atoms with Gasteiger partial charge in [0.2, 0.25) is 5.52 Å². The van der Waals surface area contributed by atoms with Crippen molar-refractivity contribution in [3.8, 4) is 0 Å². The molecule has 4 aromatic rings. The van der Waals surface area contributed by atoms with Gasteiger partial charge in [0.05, 0.1) is 31.5 Å². The lowest BCUT2D eigenvalue weighted by Gasteiger charge is -2.23. The van der Waals surface area contributed by atoms with Crippen LogP contribution in [0.15, 0.2) is 66.5 Å². The van der Waals surface area contributed by atoms with Gasteiger partial charge in [-0.3, -0.25) is 0 Å². The number of hydrogen-bond donors (Lipinski definition) is 0. The third-order valence-corrected chi connectivity index (χ3v) is 9.63. The number of aromatic nitrogens is 1. The summed E-state index contributed by atoms with van der Waals surface area (Å²) in [7, 11) is -4.22. The van der Waals surface area contributed by atoms with Gasteiger partial charge in [0.1, 0.15) is 10.5 Å². The summed E-state index contributed by atoms with van der Waals surface area (Å²) in [6, 6.07) is 16.4. The Morgan fingerprint density at radius 1 is 0.974 bits per heavy atom. The van der Waals surface area contributed by atoms with E-state index in [4.69, 9.17) is 23.2 Å². The molecule has 39 heavy (non-hydrogen) atoms. The molecule has 0 aliphatic carbocycles. The quantitative estimate of drug-likeness (QED) is 0.115. The Hall–Kier alpha value is -2.62. The lowest BCUT2D eigenvalue weighted by atomic mass is 10.1. The Morgan fingerprint density at radius 3 is 2.28 bits per heavy atom. The molecule has 3 aromatic carbocycles. The maximum atomic E-state index is 11.1. The van der Waals surface area contributed by atoms with Gasteiger partial charge in [0.15, 0.2) is 6.54 Å². The highest BCUT2D eigenvalue weighted by atomic mass is 35.5.